The molecule has 0 aromatic carbocycles. The summed E-state index contributed by atoms with van der Waals surface area (Å²) in [5.74, 6) is 0. The van der Waals surface area contributed by atoms with Gasteiger partial charge in [0.05, 0.1) is 12.2 Å². The fourth-order valence-electron chi connectivity index (χ4n) is 1.46. The minimum Gasteiger partial charge on any atom is -0.325 e. The van der Waals surface area contributed by atoms with E-state index < -0.39 is 0 Å². The van der Waals surface area contributed by atoms with Crippen molar-refractivity contribution in [3.8, 4) is 0 Å². The van der Waals surface area contributed by atoms with Gasteiger partial charge in [-0.15, -0.1) is 11.3 Å². The van der Waals surface area contributed by atoms with Crippen LogP contribution in [0.1, 0.15) is 22.4 Å². The highest BCUT2D eigenvalue weighted by atomic mass is 32.1. The Kier molecular flexibility index (Phi) is 3.18. The molecule has 3 nitrogen and oxygen atoms in total. The second-order valence-corrected chi connectivity index (χ2v) is 4.68. The summed E-state index contributed by atoms with van der Waals surface area (Å²) in [6.07, 6.45) is 3.09. The van der Waals surface area contributed by atoms with Crippen molar-refractivity contribution in [2.75, 3.05) is 0 Å². The molecule has 2 heterocycles. The van der Waals surface area contributed by atoms with Gasteiger partial charge in [0, 0.05) is 22.5 Å². The number of aromatic nitrogens is 2. The number of thiophene rings is 1. The smallest absolute Gasteiger partial charge is 0.0760 e. The number of hydrogen-bond acceptors (Lipinski definition) is 3. The van der Waals surface area contributed by atoms with Crippen LogP contribution in [0.4, 0.5) is 0 Å². The molecule has 0 aliphatic carbocycles. The predicted molar refractivity (Wildman–Crippen MR) is 62.9 cm³/mol. The lowest BCUT2D eigenvalue weighted by Crippen LogP contribution is -2.02. The van der Waals surface area contributed by atoms with Gasteiger partial charge in [-0.1, -0.05) is 6.92 Å². The first-order valence-corrected chi connectivity index (χ1v) is 5.93. The Hall–Kier alpha value is -1.13. The molecule has 0 aliphatic heterocycles. The Morgan fingerprint density at radius 1 is 1.33 bits per heavy atom. The van der Waals surface area contributed by atoms with Crippen molar-refractivity contribution in [3.05, 3.63) is 39.8 Å². The normalized spacial score (nSPS) is 10.8. The molecule has 15 heavy (non-hydrogen) atoms. The van der Waals surface area contributed by atoms with Gasteiger partial charge in [0.15, 0.2) is 0 Å². The number of nitrogens with zero attached hydrogens (tertiary/aromatic N) is 2. The molecule has 0 radical (unpaired) electrons. The van der Waals surface area contributed by atoms with Crippen LogP contribution in [-0.2, 0) is 19.5 Å². The minimum absolute atomic E-state index is 0.512. The lowest BCUT2D eigenvalue weighted by Gasteiger charge is -1.97. The van der Waals surface area contributed by atoms with E-state index in [1.54, 1.807) is 0 Å². The molecule has 4 heteroatoms. The lowest BCUT2D eigenvalue weighted by molar-refractivity contribution is 0.679. The third kappa shape index (κ3) is 2.46. The monoisotopic (exact) mass is 221 g/mol. The van der Waals surface area contributed by atoms with Gasteiger partial charge in [0.1, 0.15) is 0 Å². The Morgan fingerprint density at radius 3 is 2.73 bits per heavy atom. The van der Waals surface area contributed by atoms with Crippen molar-refractivity contribution < 1.29 is 0 Å². The molecule has 0 saturated carbocycles. The van der Waals surface area contributed by atoms with Crippen LogP contribution in [0.15, 0.2) is 24.4 Å². The zero-order chi connectivity index (χ0) is 10.7. The average Bonchev–Trinajstić information content (AvgIpc) is 2.87. The van der Waals surface area contributed by atoms with Gasteiger partial charge in [-0.2, -0.15) is 5.10 Å². The molecule has 2 rings (SSSR count). The van der Waals surface area contributed by atoms with Crippen molar-refractivity contribution in [2.45, 2.75) is 26.4 Å². The van der Waals surface area contributed by atoms with Gasteiger partial charge in [-0.25, -0.2) is 0 Å². The third-order valence-electron chi connectivity index (χ3n) is 2.29. The van der Waals surface area contributed by atoms with Crippen LogP contribution in [-0.4, -0.2) is 9.78 Å². The van der Waals surface area contributed by atoms with E-state index in [0.717, 1.165) is 18.7 Å². The molecule has 0 saturated heterocycles. The van der Waals surface area contributed by atoms with E-state index in [4.69, 9.17) is 5.73 Å². The summed E-state index contributed by atoms with van der Waals surface area (Å²) >= 11 is 1.85. The average molecular weight is 221 g/mol. The highest BCUT2D eigenvalue weighted by Gasteiger charge is 2.01. The molecule has 0 aliphatic rings. The number of rotatable bonds is 4. The zero-order valence-corrected chi connectivity index (χ0v) is 9.63. The van der Waals surface area contributed by atoms with Crippen molar-refractivity contribution in [2.24, 2.45) is 5.73 Å². The maximum Gasteiger partial charge on any atom is 0.0760 e. The second kappa shape index (κ2) is 4.59. The van der Waals surface area contributed by atoms with Gasteiger partial charge in [-0.05, 0) is 24.6 Å². The standard InChI is InChI=1S/C11H15N3S/c1-2-10-3-4-11(15-10)8-14-6-5-9(7-12)13-14/h3-6H,2,7-8,12H2,1H3. The predicted octanol–water partition coefficient (Wildman–Crippen LogP) is 2.01. The highest BCUT2D eigenvalue weighted by Crippen LogP contribution is 2.17. The molecule has 0 atom stereocenters. The Labute approximate surface area is 93.5 Å². The zero-order valence-electron chi connectivity index (χ0n) is 8.81. The van der Waals surface area contributed by atoms with Gasteiger partial charge in [0.2, 0.25) is 0 Å². The van der Waals surface area contributed by atoms with E-state index in [1.807, 2.05) is 28.3 Å². The molecule has 80 valence electrons. The molecular formula is C11H15N3S. The first-order valence-electron chi connectivity index (χ1n) is 5.11. The first-order chi connectivity index (χ1) is 7.31. The van der Waals surface area contributed by atoms with Crippen LogP contribution >= 0.6 is 11.3 Å². The fourth-order valence-corrected chi connectivity index (χ4v) is 2.41. The first kappa shape index (κ1) is 10.4. The van der Waals surface area contributed by atoms with Crippen LogP contribution < -0.4 is 5.73 Å². The van der Waals surface area contributed by atoms with E-state index >= 15 is 0 Å². The number of hydrogen-bond donors (Lipinski definition) is 1. The fraction of sp³-hybridized carbons (Fsp3) is 0.364. The minimum atomic E-state index is 0.512. The Balaban J connectivity index is 2.07. The quantitative estimate of drug-likeness (QED) is 0.858. The van der Waals surface area contributed by atoms with Gasteiger partial charge in [-0.3, -0.25) is 4.68 Å². The molecule has 2 aromatic heterocycles. The van der Waals surface area contributed by atoms with E-state index in [-0.39, 0.29) is 0 Å². The van der Waals surface area contributed by atoms with Gasteiger partial charge < -0.3 is 5.73 Å². The molecule has 2 aromatic rings. The van der Waals surface area contributed by atoms with Crippen LogP contribution in [0.25, 0.3) is 0 Å². The largest absolute Gasteiger partial charge is 0.325 e. The molecule has 0 fully saturated rings. The maximum atomic E-state index is 5.51. The summed E-state index contributed by atoms with van der Waals surface area (Å²) in [5, 5.41) is 4.36. The summed E-state index contributed by atoms with van der Waals surface area (Å²) in [6.45, 7) is 3.54. The molecule has 0 spiro atoms. The summed E-state index contributed by atoms with van der Waals surface area (Å²) in [7, 11) is 0. The third-order valence-corrected chi connectivity index (χ3v) is 3.50. The molecule has 0 amide bonds. The van der Waals surface area contributed by atoms with E-state index in [9.17, 15) is 0 Å². The van der Waals surface area contributed by atoms with Gasteiger partial charge in [0.25, 0.3) is 0 Å². The molecular weight excluding hydrogens is 206 g/mol. The molecule has 0 unspecified atom stereocenters. The van der Waals surface area contributed by atoms with Crippen LogP contribution in [0.5, 0.6) is 0 Å². The van der Waals surface area contributed by atoms with Crippen LogP contribution in [0, 0.1) is 0 Å². The molecule has 2 N–H and O–H groups in total. The number of aryl methyl sites for hydroxylation is 1. The topological polar surface area (TPSA) is 43.8 Å². The summed E-state index contributed by atoms with van der Waals surface area (Å²) in [4.78, 5) is 2.77. The number of nitrogens with two attached hydrogens (primary N) is 1. The maximum absolute atomic E-state index is 5.51. The highest BCUT2D eigenvalue weighted by molar-refractivity contribution is 7.11. The molecule has 0 bridgehead atoms. The summed E-state index contributed by atoms with van der Waals surface area (Å²) in [5.41, 5.74) is 6.46. The second-order valence-electron chi connectivity index (χ2n) is 3.43. The Bertz CT molecular complexity index is 390. The van der Waals surface area contributed by atoms with E-state index in [1.165, 1.54) is 9.75 Å². The van der Waals surface area contributed by atoms with Crippen molar-refractivity contribution in [3.63, 3.8) is 0 Å². The van der Waals surface area contributed by atoms with Crippen LogP contribution in [0.3, 0.4) is 0 Å². The van der Waals surface area contributed by atoms with E-state index in [0.29, 0.717) is 6.54 Å². The van der Waals surface area contributed by atoms with Gasteiger partial charge >= 0.3 is 0 Å². The van der Waals surface area contributed by atoms with Crippen LogP contribution in [0.2, 0.25) is 0 Å². The summed E-state index contributed by atoms with van der Waals surface area (Å²) < 4.78 is 1.94. The Morgan fingerprint density at radius 2 is 2.13 bits per heavy atom. The lowest BCUT2D eigenvalue weighted by atomic mass is 10.4. The SMILES string of the molecule is CCc1ccc(Cn2ccc(CN)n2)s1. The van der Waals surface area contributed by atoms with Crippen molar-refractivity contribution in [1.29, 1.82) is 0 Å². The van der Waals surface area contributed by atoms with Crippen molar-refractivity contribution in [1.82, 2.24) is 9.78 Å². The van der Waals surface area contributed by atoms with Crippen molar-refractivity contribution >= 4 is 11.3 Å². The summed E-state index contributed by atoms with van der Waals surface area (Å²) in [6, 6.07) is 6.33. The van der Waals surface area contributed by atoms with E-state index in [2.05, 4.69) is 24.2 Å².